The van der Waals surface area contributed by atoms with Crippen molar-refractivity contribution < 1.29 is 13.9 Å². The first-order valence-electron chi connectivity index (χ1n) is 8.97. The van der Waals surface area contributed by atoms with E-state index in [-0.39, 0.29) is 11.6 Å². The number of rotatable bonds is 4. The fourth-order valence-electron chi connectivity index (χ4n) is 2.97. The van der Waals surface area contributed by atoms with Crippen molar-refractivity contribution in [1.29, 1.82) is 0 Å². The van der Waals surface area contributed by atoms with E-state index >= 15 is 0 Å². The van der Waals surface area contributed by atoms with Crippen LogP contribution in [-0.2, 0) is 9.53 Å². The summed E-state index contributed by atoms with van der Waals surface area (Å²) in [6.07, 6.45) is 0. The number of hydrogen-bond acceptors (Lipinski definition) is 6. The van der Waals surface area contributed by atoms with Crippen LogP contribution in [0.15, 0.2) is 105 Å². The van der Waals surface area contributed by atoms with Crippen LogP contribution in [0.4, 0.5) is 0 Å². The van der Waals surface area contributed by atoms with E-state index in [0.29, 0.717) is 15.7 Å². The maximum Gasteiger partial charge on any atom is 0.365 e. The number of fused-ring (bicyclic) bond motifs is 1. The molecule has 5 rings (SSSR count). The Morgan fingerprint density at radius 3 is 2.28 bits per heavy atom. The number of para-hydroxylation sites is 2. The first-order valence-corrected chi connectivity index (χ1v) is 9.79. The summed E-state index contributed by atoms with van der Waals surface area (Å²) in [4.78, 5) is 22.3. The number of ether oxygens (including phenoxy) is 1. The number of cyclic esters (lactones) is 1. The first kappa shape index (κ1) is 17.5. The molecule has 3 aromatic carbocycles. The molecule has 0 spiro atoms. The second-order valence-electron chi connectivity index (χ2n) is 6.27. The average molecular weight is 398 g/mol. The molecule has 140 valence electrons. The number of nitrogens with zero attached hydrogens (tertiary/aromatic N) is 2. The topological polar surface area (TPSA) is 64.7 Å². The van der Waals surface area contributed by atoms with Gasteiger partial charge in [0.15, 0.2) is 11.3 Å². The van der Waals surface area contributed by atoms with Crippen LogP contribution in [0.3, 0.4) is 0 Å². The van der Waals surface area contributed by atoms with Crippen LogP contribution in [0.25, 0.3) is 16.0 Å². The van der Waals surface area contributed by atoms with E-state index < -0.39 is 5.97 Å². The Morgan fingerprint density at radius 2 is 1.52 bits per heavy atom. The zero-order chi connectivity index (χ0) is 19.6. The summed E-state index contributed by atoms with van der Waals surface area (Å²) in [5.74, 6) is -0.205. The molecule has 0 bridgehead atoms. The second kappa shape index (κ2) is 7.41. The van der Waals surface area contributed by atoms with E-state index in [0.717, 1.165) is 16.6 Å². The van der Waals surface area contributed by atoms with Crippen molar-refractivity contribution in [3.63, 3.8) is 0 Å². The zero-order valence-corrected chi connectivity index (χ0v) is 15.9. The van der Waals surface area contributed by atoms with Gasteiger partial charge in [-0.2, -0.15) is 0 Å². The summed E-state index contributed by atoms with van der Waals surface area (Å²) in [6, 6.07) is 26.5. The van der Waals surface area contributed by atoms with Crippen LogP contribution < -0.4 is 0 Å². The summed E-state index contributed by atoms with van der Waals surface area (Å²) in [6.45, 7) is 0. The second-order valence-corrected chi connectivity index (χ2v) is 7.23. The van der Waals surface area contributed by atoms with Gasteiger partial charge in [-0.3, -0.25) is 0 Å². The highest BCUT2D eigenvalue weighted by Crippen LogP contribution is 2.39. The maximum atomic E-state index is 12.7. The number of aromatic nitrogens is 1. The fourth-order valence-corrected chi connectivity index (χ4v) is 3.90. The average Bonchev–Trinajstić information content (AvgIpc) is 3.36. The van der Waals surface area contributed by atoms with E-state index in [9.17, 15) is 4.79 Å². The SMILES string of the molecule is O=C1OC(c2ccccc2)=NC1=C(Sc1nc2ccccc2o1)c1ccccc1. The molecule has 0 N–H and O–H groups in total. The molecule has 6 heteroatoms. The number of benzene rings is 3. The van der Waals surface area contributed by atoms with E-state index in [1.165, 1.54) is 11.8 Å². The molecule has 0 saturated carbocycles. The molecule has 4 aromatic rings. The van der Waals surface area contributed by atoms with Gasteiger partial charge in [-0.15, -0.1) is 0 Å². The monoisotopic (exact) mass is 398 g/mol. The molecule has 29 heavy (non-hydrogen) atoms. The zero-order valence-electron chi connectivity index (χ0n) is 15.1. The number of aliphatic imine (C=N–C) groups is 1. The molecule has 0 fully saturated rings. The lowest BCUT2D eigenvalue weighted by molar-refractivity contribution is -0.129. The smallest absolute Gasteiger partial charge is 0.365 e. The molecule has 2 heterocycles. The Labute approximate surface area is 170 Å². The van der Waals surface area contributed by atoms with Gasteiger partial charge in [0.2, 0.25) is 5.90 Å². The van der Waals surface area contributed by atoms with Gasteiger partial charge in [0.05, 0.1) is 4.91 Å². The molecule has 1 aromatic heterocycles. The molecule has 5 nitrogen and oxygen atoms in total. The number of oxazole rings is 1. The van der Waals surface area contributed by atoms with Crippen molar-refractivity contribution in [3.8, 4) is 0 Å². The Bertz CT molecular complexity index is 1230. The standard InChI is InChI=1S/C23H14N2O3S/c26-22-19(25-21(28-22)16-11-5-2-6-12-16)20(15-9-3-1-4-10-15)29-23-24-17-13-7-8-14-18(17)27-23/h1-14H. The molecular weight excluding hydrogens is 384 g/mol. The van der Waals surface area contributed by atoms with Crippen LogP contribution in [-0.4, -0.2) is 16.9 Å². The maximum absolute atomic E-state index is 12.7. The minimum absolute atomic E-state index is 0.238. The summed E-state index contributed by atoms with van der Waals surface area (Å²) in [7, 11) is 0. The van der Waals surface area contributed by atoms with Crippen molar-refractivity contribution in [1.82, 2.24) is 4.98 Å². The number of thioether (sulfide) groups is 1. The molecule has 0 saturated heterocycles. The lowest BCUT2D eigenvalue weighted by atomic mass is 10.2. The fraction of sp³-hybridized carbons (Fsp3) is 0. The van der Waals surface area contributed by atoms with Crippen LogP contribution in [0, 0.1) is 0 Å². The van der Waals surface area contributed by atoms with Crippen molar-refractivity contribution in [2.24, 2.45) is 4.99 Å². The van der Waals surface area contributed by atoms with Gasteiger partial charge in [0, 0.05) is 5.56 Å². The van der Waals surface area contributed by atoms with Gasteiger partial charge in [-0.05, 0) is 41.6 Å². The molecular formula is C23H14N2O3S. The Hall–Kier alpha value is -3.64. The first-order chi connectivity index (χ1) is 14.3. The van der Waals surface area contributed by atoms with E-state index in [1.54, 1.807) is 0 Å². The minimum Gasteiger partial charge on any atom is -0.431 e. The summed E-state index contributed by atoms with van der Waals surface area (Å²) >= 11 is 1.26. The van der Waals surface area contributed by atoms with Gasteiger partial charge in [-0.25, -0.2) is 14.8 Å². The minimum atomic E-state index is -0.494. The van der Waals surface area contributed by atoms with E-state index in [2.05, 4.69) is 9.98 Å². The third kappa shape index (κ3) is 3.46. The number of carbonyl (C=O) groups is 1. The molecule has 0 aliphatic carbocycles. The lowest BCUT2D eigenvalue weighted by Crippen LogP contribution is -2.05. The number of hydrogen-bond donors (Lipinski definition) is 0. The van der Waals surface area contributed by atoms with Crippen molar-refractivity contribution >= 4 is 39.6 Å². The highest BCUT2D eigenvalue weighted by atomic mass is 32.2. The van der Waals surface area contributed by atoms with Crippen molar-refractivity contribution in [2.45, 2.75) is 5.22 Å². The Kier molecular flexibility index (Phi) is 4.46. The van der Waals surface area contributed by atoms with Crippen LogP contribution in [0.5, 0.6) is 0 Å². The van der Waals surface area contributed by atoms with Crippen LogP contribution in [0.2, 0.25) is 0 Å². The van der Waals surface area contributed by atoms with Crippen LogP contribution in [0.1, 0.15) is 11.1 Å². The number of carbonyl (C=O) groups excluding carboxylic acids is 1. The van der Waals surface area contributed by atoms with Gasteiger partial charge in [-0.1, -0.05) is 60.7 Å². The summed E-state index contributed by atoms with van der Waals surface area (Å²) < 4.78 is 11.3. The van der Waals surface area contributed by atoms with Gasteiger partial charge in [0.25, 0.3) is 5.22 Å². The van der Waals surface area contributed by atoms with Gasteiger partial charge in [0.1, 0.15) is 5.52 Å². The molecule has 1 aliphatic rings. The predicted molar refractivity (Wildman–Crippen MR) is 112 cm³/mol. The Balaban J connectivity index is 1.62. The van der Waals surface area contributed by atoms with Gasteiger partial charge < -0.3 is 9.15 Å². The quantitative estimate of drug-likeness (QED) is 0.265. The highest BCUT2D eigenvalue weighted by molar-refractivity contribution is 8.08. The third-order valence-corrected chi connectivity index (χ3v) is 5.31. The van der Waals surface area contributed by atoms with Gasteiger partial charge >= 0.3 is 5.97 Å². The molecule has 0 unspecified atom stereocenters. The summed E-state index contributed by atoms with van der Waals surface area (Å²) in [5.41, 5.74) is 3.27. The normalized spacial score (nSPS) is 15.3. The Morgan fingerprint density at radius 1 is 0.828 bits per heavy atom. The van der Waals surface area contributed by atoms with Crippen molar-refractivity contribution in [3.05, 3.63) is 102 Å². The summed E-state index contributed by atoms with van der Waals surface area (Å²) in [5, 5.41) is 0.439. The van der Waals surface area contributed by atoms with E-state index in [1.807, 2.05) is 84.9 Å². The number of esters is 1. The molecule has 0 amide bonds. The lowest BCUT2D eigenvalue weighted by Gasteiger charge is -2.05. The molecule has 1 aliphatic heterocycles. The molecule has 0 radical (unpaired) electrons. The highest BCUT2D eigenvalue weighted by Gasteiger charge is 2.29. The molecule has 0 atom stereocenters. The van der Waals surface area contributed by atoms with Crippen LogP contribution >= 0.6 is 11.8 Å². The van der Waals surface area contributed by atoms with Crippen molar-refractivity contribution in [2.75, 3.05) is 0 Å². The largest absolute Gasteiger partial charge is 0.431 e. The predicted octanol–water partition coefficient (Wildman–Crippen LogP) is 5.29. The third-order valence-electron chi connectivity index (χ3n) is 4.33. The van der Waals surface area contributed by atoms with E-state index in [4.69, 9.17) is 9.15 Å².